The first-order valence-electron chi connectivity index (χ1n) is 3.54. The highest BCUT2D eigenvalue weighted by molar-refractivity contribution is 6.31. The molecule has 0 aliphatic rings. The molecule has 0 unspecified atom stereocenters. The van der Waals surface area contributed by atoms with Gasteiger partial charge in [0.15, 0.2) is 5.75 Å². The van der Waals surface area contributed by atoms with Crippen LogP contribution in [-0.2, 0) is 0 Å². The van der Waals surface area contributed by atoms with Crippen molar-refractivity contribution in [1.82, 2.24) is 0 Å². The molecule has 0 atom stereocenters. The van der Waals surface area contributed by atoms with Gasteiger partial charge in [0.2, 0.25) is 0 Å². The zero-order valence-corrected chi connectivity index (χ0v) is 7.96. The van der Waals surface area contributed by atoms with Crippen LogP contribution in [-0.4, -0.2) is 12.0 Å². The molecule has 0 amide bonds. The fourth-order valence-corrected chi connectivity index (χ4v) is 1.38. The molecular weight excluding hydrogens is 194 g/mol. The predicted molar refractivity (Wildman–Crippen MR) is 49.4 cm³/mol. The number of aryl methyl sites for hydroxylation is 1. The number of rotatable bonds is 2. The van der Waals surface area contributed by atoms with E-state index in [1.165, 1.54) is 13.2 Å². The van der Waals surface area contributed by atoms with E-state index in [9.17, 15) is 10.1 Å². The molecule has 5 heteroatoms. The molecule has 0 bridgehead atoms. The Bertz CT molecular complexity index is 351. The van der Waals surface area contributed by atoms with Crippen LogP contribution in [0.15, 0.2) is 12.1 Å². The molecule has 1 aromatic carbocycles. The van der Waals surface area contributed by atoms with Gasteiger partial charge in [-0.15, -0.1) is 0 Å². The second kappa shape index (κ2) is 3.62. The molecule has 4 nitrogen and oxygen atoms in total. The van der Waals surface area contributed by atoms with Gasteiger partial charge in [0.25, 0.3) is 0 Å². The molecule has 0 heterocycles. The first-order valence-corrected chi connectivity index (χ1v) is 3.92. The summed E-state index contributed by atoms with van der Waals surface area (Å²) in [5, 5.41) is 10.9. The fraction of sp³-hybridized carbons (Fsp3) is 0.250. The summed E-state index contributed by atoms with van der Waals surface area (Å²) in [5.74, 6) is 0.259. The largest absolute Gasteiger partial charge is 0.490 e. The molecule has 0 radical (unpaired) electrons. The van der Waals surface area contributed by atoms with E-state index in [4.69, 9.17) is 16.3 Å². The monoisotopic (exact) mass is 201 g/mol. The molecule has 1 rings (SSSR count). The molecule has 70 valence electrons. The molecule has 0 aliphatic heterocycles. The van der Waals surface area contributed by atoms with Gasteiger partial charge in [-0.1, -0.05) is 11.6 Å². The van der Waals surface area contributed by atoms with Crippen molar-refractivity contribution < 1.29 is 9.66 Å². The van der Waals surface area contributed by atoms with Gasteiger partial charge in [-0.3, -0.25) is 10.1 Å². The third-order valence-electron chi connectivity index (χ3n) is 1.62. The molecule has 0 fully saturated rings. The molecule has 0 aromatic heterocycles. The molecule has 0 spiro atoms. The zero-order valence-electron chi connectivity index (χ0n) is 7.20. The molecule has 0 saturated carbocycles. The van der Waals surface area contributed by atoms with Crippen molar-refractivity contribution in [3.8, 4) is 5.75 Å². The molecule has 13 heavy (non-hydrogen) atoms. The van der Waals surface area contributed by atoms with E-state index in [0.717, 1.165) is 0 Å². The lowest BCUT2D eigenvalue weighted by atomic mass is 10.2. The maximum absolute atomic E-state index is 10.6. The number of hydrogen-bond acceptors (Lipinski definition) is 3. The number of nitrogens with zero attached hydrogens (tertiary/aromatic N) is 1. The quantitative estimate of drug-likeness (QED) is 0.546. The highest BCUT2D eigenvalue weighted by atomic mass is 35.5. The van der Waals surface area contributed by atoms with Crippen LogP contribution in [0.1, 0.15) is 5.56 Å². The van der Waals surface area contributed by atoms with E-state index in [1.54, 1.807) is 13.0 Å². The molecule has 0 saturated heterocycles. The Kier molecular flexibility index (Phi) is 2.72. The fourth-order valence-electron chi connectivity index (χ4n) is 1.11. The first kappa shape index (κ1) is 9.80. The number of nitro groups is 1. The normalized spacial score (nSPS) is 9.77. The van der Waals surface area contributed by atoms with Crippen molar-refractivity contribution in [2.75, 3.05) is 7.11 Å². The van der Waals surface area contributed by atoms with Crippen molar-refractivity contribution in [1.29, 1.82) is 0 Å². The van der Waals surface area contributed by atoms with Gasteiger partial charge in [0.05, 0.1) is 12.0 Å². The Morgan fingerprint density at radius 2 is 2.15 bits per heavy atom. The second-order valence-corrected chi connectivity index (χ2v) is 2.97. The van der Waals surface area contributed by atoms with Crippen LogP contribution in [0.2, 0.25) is 5.02 Å². The first-order chi connectivity index (χ1) is 6.06. The Morgan fingerprint density at radius 3 is 2.62 bits per heavy atom. The summed E-state index contributed by atoms with van der Waals surface area (Å²) >= 11 is 5.66. The third-order valence-corrected chi connectivity index (χ3v) is 1.84. The van der Waals surface area contributed by atoms with Gasteiger partial charge in [-0.2, -0.15) is 0 Å². The van der Waals surface area contributed by atoms with Crippen LogP contribution in [0.5, 0.6) is 5.75 Å². The Balaban J connectivity index is 3.38. The summed E-state index contributed by atoms with van der Waals surface area (Å²) in [6.07, 6.45) is 0. The third kappa shape index (κ3) is 1.89. The lowest BCUT2D eigenvalue weighted by molar-refractivity contribution is -0.385. The van der Waals surface area contributed by atoms with Crippen molar-refractivity contribution in [2.45, 2.75) is 6.92 Å². The topological polar surface area (TPSA) is 52.4 Å². The number of methoxy groups -OCH3 is 1. The van der Waals surface area contributed by atoms with Gasteiger partial charge in [0.1, 0.15) is 0 Å². The van der Waals surface area contributed by atoms with Crippen molar-refractivity contribution >= 4 is 17.3 Å². The molecule has 0 N–H and O–H groups in total. The standard InChI is InChI=1S/C8H8ClNO3/c1-5-3-6(9)4-7(10(11)12)8(5)13-2/h3-4H,1-2H3. The van der Waals surface area contributed by atoms with Crippen LogP contribution in [0, 0.1) is 17.0 Å². The number of nitro benzene ring substituents is 1. The average Bonchev–Trinajstić information content (AvgIpc) is 2.02. The Hall–Kier alpha value is -1.29. The maximum Gasteiger partial charge on any atom is 0.312 e. The van der Waals surface area contributed by atoms with E-state index in [2.05, 4.69) is 0 Å². The lowest BCUT2D eigenvalue weighted by Gasteiger charge is -2.04. The summed E-state index contributed by atoms with van der Waals surface area (Å²) in [6.45, 7) is 1.71. The Labute approximate surface area is 80.2 Å². The summed E-state index contributed by atoms with van der Waals surface area (Å²) in [5.41, 5.74) is 0.550. The van der Waals surface area contributed by atoms with Crippen molar-refractivity contribution in [3.05, 3.63) is 32.8 Å². The highest BCUT2D eigenvalue weighted by Gasteiger charge is 2.17. The van der Waals surface area contributed by atoms with E-state index < -0.39 is 4.92 Å². The lowest BCUT2D eigenvalue weighted by Crippen LogP contribution is -1.95. The summed E-state index contributed by atoms with van der Waals surface area (Å²) in [7, 11) is 1.39. The van der Waals surface area contributed by atoms with Crippen LogP contribution in [0.25, 0.3) is 0 Å². The van der Waals surface area contributed by atoms with Gasteiger partial charge in [0, 0.05) is 11.1 Å². The summed E-state index contributed by atoms with van der Waals surface area (Å²) in [4.78, 5) is 10.0. The predicted octanol–water partition coefficient (Wildman–Crippen LogP) is 2.57. The SMILES string of the molecule is COc1c(C)cc(Cl)cc1[N+](=O)[O-]. The minimum Gasteiger partial charge on any atom is -0.490 e. The number of benzene rings is 1. The van der Waals surface area contributed by atoms with E-state index in [-0.39, 0.29) is 11.4 Å². The van der Waals surface area contributed by atoms with Crippen LogP contribution in [0.3, 0.4) is 0 Å². The van der Waals surface area contributed by atoms with E-state index in [0.29, 0.717) is 10.6 Å². The minimum absolute atomic E-state index is 0.104. The number of halogens is 1. The van der Waals surface area contributed by atoms with Crippen LogP contribution in [0.4, 0.5) is 5.69 Å². The minimum atomic E-state index is -0.516. The van der Waals surface area contributed by atoms with Crippen LogP contribution >= 0.6 is 11.6 Å². The molecule has 0 aliphatic carbocycles. The highest BCUT2D eigenvalue weighted by Crippen LogP contribution is 2.33. The maximum atomic E-state index is 10.6. The molecular formula is C8H8ClNO3. The van der Waals surface area contributed by atoms with Crippen LogP contribution < -0.4 is 4.74 Å². The van der Waals surface area contributed by atoms with Crippen molar-refractivity contribution in [2.24, 2.45) is 0 Å². The average molecular weight is 202 g/mol. The Morgan fingerprint density at radius 1 is 1.54 bits per heavy atom. The van der Waals surface area contributed by atoms with E-state index in [1.807, 2.05) is 0 Å². The number of ether oxygens (including phenoxy) is 1. The van der Waals surface area contributed by atoms with E-state index >= 15 is 0 Å². The zero-order chi connectivity index (χ0) is 10.0. The van der Waals surface area contributed by atoms with Crippen molar-refractivity contribution in [3.63, 3.8) is 0 Å². The smallest absolute Gasteiger partial charge is 0.312 e. The second-order valence-electron chi connectivity index (χ2n) is 2.53. The van der Waals surface area contributed by atoms with Gasteiger partial charge in [-0.25, -0.2) is 0 Å². The van der Waals surface area contributed by atoms with Gasteiger partial charge >= 0.3 is 5.69 Å². The van der Waals surface area contributed by atoms with Gasteiger partial charge in [-0.05, 0) is 18.6 Å². The summed E-state index contributed by atoms with van der Waals surface area (Å²) in [6, 6.07) is 2.89. The number of hydrogen-bond donors (Lipinski definition) is 0. The summed E-state index contributed by atoms with van der Waals surface area (Å²) < 4.78 is 4.89. The molecule has 1 aromatic rings. The van der Waals surface area contributed by atoms with Gasteiger partial charge < -0.3 is 4.74 Å².